The van der Waals surface area contributed by atoms with Gasteiger partial charge in [-0.15, -0.1) is 0 Å². The Morgan fingerprint density at radius 1 is 0.909 bits per heavy atom. The van der Waals surface area contributed by atoms with Gasteiger partial charge in [-0.05, 0) is 36.8 Å². The first-order valence-electron chi connectivity index (χ1n) is 10.8. The van der Waals surface area contributed by atoms with Gasteiger partial charge < -0.3 is 19.0 Å². The van der Waals surface area contributed by atoms with Crippen LogP contribution in [0.2, 0.25) is 0 Å². The molecule has 0 saturated carbocycles. The summed E-state index contributed by atoms with van der Waals surface area (Å²) in [6.07, 6.45) is 1.58. The third-order valence-electron chi connectivity index (χ3n) is 4.73. The Bertz CT molecular complexity index is 1180. The topological polar surface area (TPSA) is 81.8 Å². The molecule has 1 heterocycles. The average Bonchev–Trinajstić information content (AvgIpc) is 3.32. The Morgan fingerprint density at radius 3 is 2.27 bits per heavy atom. The van der Waals surface area contributed by atoms with Gasteiger partial charge in [-0.1, -0.05) is 56.3 Å². The van der Waals surface area contributed by atoms with Gasteiger partial charge in [-0.3, -0.25) is 0 Å². The second-order valence-corrected chi connectivity index (χ2v) is 6.98. The number of aromatic carboxylic acids is 1. The van der Waals surface area contributed by atoms with E-state index >= 15 is 0 Å². The van der Waals surface area contributed by atoms with Crippen LogP contribution in [-0.4, -0.2) is 16.1 Å². The molecule has 0 atom stereocenters. The number of oxazole rings is 1. The van der Waals surface area contributed by atoms with Gasteiger partial charge in [0.05, 0.1) is 5.56 Å². The van der Waals surface area contributed by atoms with Crippen molar-refractivity contribution in [2.75, 3.05) is 0 Å². The van der Waals surface area contributed by atoms with Gasteiger partial charge in [-0.25, -0.2) is 9.78 Å². The Labute approximate surface area is 193 Å². The fraction of sp³-hybridized carbons (Fsp3) is 0.185. The molecule has 170 valence electrons. The van der Waals surface area contributed by atoms with E-state index in [9.17, 15) is 9.90 Å². The molecule has 3 aromatic carbocycles. The van der Waals surface area contributed by atoms with Crippen LogP contribution in [-0.2, 0) is 13.2 Å². The lowest BCUT2D eigenvalue weighted by molar-refractivity contribution is 0.0693. The molecule has 33 heavy (non-hydrogen) atoms. The highest BCUT2D eigenvalue weighted by Crippen LogP contribution is 2.24. The Morgan fingerprint density at radius 2 is 1.58 bits per heavy atom. The van der Waals surface area contributed by atoms with Crippen molar-refractivity contribution in [1.29, 1.82) is 0 Å². The maximum absolute atomic E-state index is 11.5. The number of aromatic nitrogens is 1. The molecule has 6 nitrogen and oxygen atoms in total. The summed E-state index contributed by atoms with van der Waals surface area (Å²) in [4.78, 5) is 16.0. The molecule has 0 aliphatic carbocycles. The number of benzene rings is 3. The minimum Gasteiger partial charge on any atom is -0.489 e. The van der Waals surface area contributed by atoms with Gasteiger partial charge in [-0.2, -0.15) is 0 Å². The molecule has 0 aliphatic heterocycles. The largest absolute Gasteiger partial charge is 0.489 e. The van der Waals surface area contributed by atoms with E-state index in [2.05, 4.69) is 4.98 Å². The molecule has 0 radical (unpaired) electrons. The summed E-state index contributed by atoms with van der Waals surface area (Å²) in [6, 6.07) is 22.2. The van der Waals surface area contributed by atoms with Crippen molar-refractivity contribution < 1.29 is 23.8 Å². The van der Waals surface area contributed by atoms with Gasteiger partial charge in [0.2, 0.25) is 5.89 Å². The molecule has 0 spiro atoms. The number of hydrogen-bond donors (Lipinski definition) is 1. The van der Waals surface area contributed by atoms with Crippen molar-refractivity contribution in [1.82, 2.24) is 4.98 Å². The minimum absolute atomic E-state index is 0.149. The molecule has 4 rings (SSSR count). The van der Waals surface area contributed by atoms with E-state index in [0.29, 0.717) is 34.2 Å². The second kappa shape index (κ2) is 11.5. The van der Waals surface area contributed by atoms with Gasteiger partial charge in [0, 0.05) is 17.2 Å². The molecule has 0 aliphatic rings. The predicted octanol–water partition coefficient (Wildman–Crippen LogP) is 6.53. The summed E-state index contributed by atoms with van der Waals surface area (Å²) in [5.74, 6) is 0.782. The van der Waals surface area contributed by atoms with Crippen LogP contribution in [0.5, 0.6) is 11.5 Å². The number of nitrogens with zero attached hydrogens (tertiary/aromatic N) is 1. The van der Waals surface area contributed by atoms with Crippen molar-refractivity contribution in [3.05, 3.63) is 101 Å². The van der Waals surface area contributed by atoms with Crippen molar-refractivity contribution in [2.24, 2.45) is 0 Å². The van der Waals surface area contributed by atoms with Crippen LogP contribution in [0.4, 0.5) is 0 Å². The van der Waals surface area contributed by atoms with E-state index in [1.807, 2.05) is 62.4 Å². The van der Waals surface area contributed by atoms with Crippen LogP contribution < -0.4 is 9.47 Å². The van der Waals surface area contributed by atoms with Crippen LogP contribution in [0.15, 0.2) is 83.5 Å². The highest BCUT2D eigenvalue weighted by molar-refractivity contribution is 5.91. The molecule has 0 saturated heterocycles. The number of carboxylic acids is 1. The number of carboxylic acid groups (broad SMARTS) is 1. The molecule has 0 unspecified atom stereocenters. The molecular formula is C27H27NO5. The number of rotatable bonds is 8. The fourth-order valence-corrected chi connectivity index (χ4v) is 3.21. The SMILES string of the molecule is CC.Cc1cccc(COc2cccc(OCc3coc(-c4ccccc4)n3)c2)c1C(=O)O. The second-order valence-electron chi connectivity index (χ2n) is 6.98. The Hall–Kier alpha value is -4.06. The quantitative estimate of drug-likeness (QED) is 0.332. The zero-order valence-electron chi connectivity index (χ0n) is 18.9. The Balaban J connectivity index is 0.00000149. The molecule has 0 amide bonds. The Kier molecular flexibility index (Phi) is 8.24. The minimum atomic E-state index is -0.962. The smallest absolute Gasteiger partial charge is 0.336 e. The molecule has 0 bridgehead atoms. The van der Waals surface area contributed by atoms with E-state index in [-0.39, 0.29) is 18.8 Å². The van der Waals surface area contributed by atoms with Crippen LogP contribution in [0.3, 0.4) is 0 Å². The summed E-state index contributed by atoms with van der Waals surface area (Å²) in [5, 5.41) is 9.45. The molecule has 1 N–H and O–H groups in total. The normalized spacial score (nSPS) is 10.2. The summed E-state index contributed by atoms with van der Waals surface area (Å²) in [7, 11) is 0. The summed E-state index contributed by atoms with van der Waals surface area (Å²) in [6.45, 7) is 6.17. The lowest BCUT2D eigenvalue weighted by atomic mass is 10.0. The van der Waals surface area contributed by atoms with Crippen molar-refractivity contribution in [3.63, 3.8) is 0 Å². The number of carbonyl (C=O) groups is 1. The van der Waals surface area contributed by atoms with Crippen LogP contribution in [0.25, 0.3) is 11.5 Å². The van der Waals surface area contributed by atoms with Gasteiger partial charge in [0.1, 0.15) is 36.7 Å². The molecule has 6 heteroatoms. The van der Waals surface area contributed by atoms with Crippen LogP contribution in [0, 0.1) is 6.92 Å². The van der Waals surface area contributed by atoms with Crippen LogP contribution in [0.1, 0.15) is 41.0 Å². The maximum Gasteiger partial charge on any atom is 0.336 e. The summed E-state index contributed by atoms with van der Waals surface area (Å²) >= 11 is 0. The van der Waals surface area contributed by atoms with E-state index in [4.69, 9.17) is 13.9 Å². The zero-order chi connectivity index (χ0) is 23.6. The van der Waals surface area contributed by atoms with E-state index in [1.54, 1.807) is 37.5 Å². The molecule has 4 aromatic rings. The number of ether oxygens (including phenoxy) is 2. The van der Waals surface area contributed by atoms with Gasteiger partial charge in [0.15, 0.2) is 0 Å². The van der Waals surface area contributed by atoms with Crippen LogP contribution >= 0.6 is 0 Å². The standard InChI is InChI=1S/C25H21NO5.C2H6/c1-17-7-5-10-19(23(17)25(27)28)14-29-21-11-6-12-22(13-21)30-15-20-16-31-24(26-20)18-8-3-2-4-9-18;1-2/h2-13,16H,14-15H2,1H3,(H,27,28);1-2H3. The first kappa shape index (κ1) is 23.6. The highest BCUT2D eigenvalue weighted by Gasteiger charge is 2.13. The summed E-state index contributed by atoms with van der Waals surface area (Å²) < 4.78 is 17.2. The highest BCUT2D eigenvalue weighted by atomic mass is 16.5. The van der Waals surface area contributed by atoms with Crippen molar-refractivity contribution >= 4 is 5.97 Å². The van der Waals surface area contributed by atoms with E-state index in [1.165, 1.54) is 0 Å². The third kappa shape index (κ3) is 6.23. The van der Waals surface area contributed by atoms with E-state index in [0.717, 1.165) is 5.56 Å². The van der Waals surface area contributed by atoms with Crippen molar-refractivity contribution in [2.45, 2.75) is 34.0 Å². The molecule has 1 aromatic heterocycles. The maximum atomic E-state index is 11.5. The summed E-state index contributed by atoms with van der Waals surface area (Å²) in [5.41, 5.74) is 3.18. The predicted molar refractivity (Wildman–Crippen MR) is 127 cm³/mol. The molecular weight excluding hydrogens is 418 g/mol. The van der Waals surface area contributed by atoms with Gasteiger partial charge in [0.25, 0.3) is 0 Å². The fourth-order valence-electron chi connectivity index (χ4n) is 3.21. The lowest BCUT2D eigenvalue weighted by Crippen LogP contribution is -2.07. The first-order chi connectivity index (χ1) is 16.1. The van der Waals surface area contributed by atoms with E-state index < -0.39 is 5.97 Å². The van der Waals surface area contributed by atoms with Crippen molar-refractivity contribution in [3.8, 4) is 23.0 Å². The monoisotopic (exact) mass is 445 g/mol. The van der Waals surface area contributed by atoms with Gasteiger partial charge >= 0.3 is 5.97 Å². The zero-order valence-corrected chi connectivity index (χ0v) is 18.9. The first-order valence-corrected chi connectivity index (χ1v) is 10.8. The number of aryl methyl sites for hydroxylation is 1. The molecule has 0 fully saturated rings. The average molecular weight is 446 g/mol. The number of hydrogen-bond acceptors (Lipinski definition) is 5. The lowest BCUT2D eigenvalue weighted by Gasteiger charge is -2.12. The third-order valence-corrected chi connectivity index (χ3v) is 4.73.